The Labute approximate surface area is 113 Å². The number of carbonyl (C=O) groups is 2. The molecule has 0 saturated heterocycles. The first kappa shape index (κ1) is 15.2. The molecular weight excluding hydrogens is 242 g/mol. The molecule has 1 rings (SSSR count). The van der Waals surface area contributed by atoms with Crippen molar-refractivity contribution in [3.05, 3.63) is 35.9 Å². The van der Waals surface area contributed by atoms with Crippen LogP contribution >= 0.6 is 0 Å². The van der Waals surface area contributed by atoms with Gasteiger partial charge < -0.3 is 16.0 Å². The lowest BCUT2D eigenvalue weighted by Gasteiger charge is -2.24. The number of rotatable bonds is 6. The number of nitrogens with one attached hydrogen (secondary N) is 1. The minimum absolute atomic E-state index is 0.0453. The van der Waals surface area contributed by atoms with Gasteiger partial charge in [0, 0.05) is 13.6 Å². The zero-order valence-electron chi connectivity index (χ0n) is 11.4. The SMILES string of the molecule is CCCN(CC(=O)NC)C(=O)[C@H](N)c1ccccc1. The van der Waals surface area contributed by atoms with Crippen LogP contribution in [0.1, 0.15) is 24.9 Å². The topological polar surface area (TPSA) is 75.4 Å². The van der Waals surface area contributed by atoms with Gasteiger partial charge in [-0.15, -0.1) is 0 Å². The number of nitrogens with two attached hydrogens (primary N) is 1. The fourth-order valence-electron chi connectivity index (χ4n) is 1.79. The Morgan fingerprint density at radius 3 is 2.47 bits per heavy atom. The van der Waals surface area contributed by atoms with Crippen molar-refractivity contribution >= 4 is 11.8 Å². The van der Waals surface area contributed by atoms with Crippen LogP contribution in [0, 0.1) is 0 Å². The fourth-order valence-corrected chi connectivity index (χ4v) is 1.79. The molecule has 0 aliphatic rings. The van der Waals surface area contributed by atoms with Gasteiger partial charge in [-0.2, -0.15) is 0 Å². The van der Waals surface area contributed by atoms with Crippen LogP contribution in [0.5, 0.6) is 0 Å². The second-order valence-corrected chi connectivity index (χ2v) is 4.32. The van der Waals surface area contributed by atoms with Gasteiger partial charge >= 0.3 is 0 Å². The summed E-state index contributed by atoms with van der Waals surface area (Å²) in [5.74, 6) is -0.418. The van der Waals surface area contributed by atoms with Crippen LogP contribution in [0.15, 0.2) is 30.3 Å². The van der Waals surface area contributed by atoms with Gasteiger partial charge in [0.15, 0.2) is 0 Å². The number of likely N-dealkylation sites (N-methyl/N-ethyl adjacent to an activating group) is 1. The number of amides is 2. The quantitative estimate of drug-likeness (QED) is 0.792. The van der Waals surface area contributed by atoms with Gasteiger partial charge in [0.1, 0.15) is 6.04 Å². The summed E-state index contributed by atoms with van der Waals surface area (Å²) in [5.41, 5.74) is 6.72. The van der Waals surface area contributed by atoms with Gasteiger partial charge in [0.2, 0.25) is 11.8 Å². The maximum Gasteiger partial charge on any atom is 0.244 e. The Balaban J connectivity index is 2.78. The lowest BCUT2D eigenvalue weighted by Crippen LogP contribution is -2.44. The molecule has 0 fully saturated rings. The van der Waals surface area contributed by atoms with Crippen molar-refractivity contribution in [2.45, 2.75) is 19.4 Å². The fraction of sp³-hybridized carbons (Fsp3) is 0.429. The van der Waals surface area contributed by atoms with E-state index in [0.29, 0.717) is 6.54 Å². The molecule has 19 heavy (non-hydrogen) atoms. The lowest BCUT2D eigenvalue weighted by molar-refractivity contribution is -0.137. The molecule has 3 N–H and O–H groups in total. The molecule has 5 heteroatoms. The normalized spacial score (nSPS) is 11.7. The maximum absolute atomic E-state index is 12.3. The summed E-state index contributed by atoms with van der Waals surface area (Å²) in [6.45, 7) is 2.52. The summed E-state index contributed by atoms with van der Waals surface area (Å²) in [5, 5.41) is 2.51. The zero-order chi connectivity index (χ0) is 14.3. The van der Waals surface area contributed by atoms with Gasteiger partial charge in [0.25, 0.3) is 0 Å². The average molecular weight is 263 g/mol. The smallest absolute Gasteiger partial charge is 0.244 e. The third-order valence-electron chi connectivity index (χ3n) is 2.84. The van der Waals surface area contributed by atoms with Crippen molar-refractivity contribution in [3.63, 3.8) is 0 Å². The van der Waals surface area contributed by atoms with E-state index in [-0.39, 0.29) is 18.4 Å². The summed E-state index contributed by atoms with van der Waals surface area (Å²) < 4.78 is 0. The first-order chi connectivity index (χ1) is 9.10. The number of nitrogens with zero attached hydrogens (tertiary/aromatic N) is 1. The molecule has 0 saturated carbocycles. The molecule has 1 atom stereocenters. The lowest BCUT2D eigenvalue weighted by atomic mass is 10.1. The summed E-state index contributed by atoms with van der Waals surface area (Å²) >= 11 is 0. The molecule has 0 aliphatic carbocycles. The minimum atomic E-state index is -0.725. The third kappa shape index (κ3) is 4.37. The predicted molar refractivity (Wildman–Crippen MR) is 74.3 cm³/mol. The monoisotopic (exact) mass is 263 g/mol. The molecule has 2 amide bonds. The van der Waals surface area contributed by atoms with Crippen LogP contribution < -0.4 is 11.1 Å². The van der Waals surface area contributed by atoms with E-state index in [9.17, 15) is 9.59 Å². The number of benzene rings is 1. The van der Waals surface area contributed by atoms with E-state index in [1.807, 2.05) is 37.3 Å². The molecule has 1 aromatic rings. The van der Waals surface area contributed by atoms with E-state index in [4.69, 9.17) is 5.73 Å². The van der Waals surface area contributed by atoms with Crippen LogP contribution in [0.4, 0.5) is 0 Å². The first-order valence-electron chi connectivity index (χ1n) is 6.40. The van der Waals surface area contributed by atoms with E-state index in [0.717, 1.165) is 12.0 Å². The molecule has 104 valence electrons. The van der Waals surface area contributed by atoms with Gasteiger partial charge in [-0.05, 0) is 12.0 Å². The molecule has 5 nitrogen and oxygen atoms in total. The first-order valence-corrected chi connectivity index (χ1v) is 6.40. The van der Waals surface area contributed by atoms with Crippen molar-refractivity contribution < 1.29 is 9.59 Å². The van der Waals surface area contributed by atoms with Crippen LogP contribution in [-0.2, 0) is 9.59 Å². The van der Waals surface area contributed by atoms with E-state index in [2.05, 4.69) is 5.32 Å². The second kappa shape index (κ2) is 7.53. The van der Waals surface area contributed by atoms with Gasteiger partial charge in [-0.3, -0.25) is 9.59 Å². The number of hydrogen-bond donors (Lipinski definition) is 2. The summed E-state index contributed by atoms with van der Waals surface area (Å²) in [6, 6.07) is 8.45. The minimum Gasteiger partial charge on any atom is -0.358 e. The number of hydrogen-bond acceptors (Lipinski definition) is 3. The van der Waals surface area contributed by atoms with Crippen molar-refractivity contribution in [3.8, 4) is 0 Å². The van der Waals surface area contributed by atoms with E-state index < -0.39 is 6.04 Å². The highest BCUT2D eigenvalue weighted by Gasteiger charge is 2.23. The molecule has 0 unspecified atom stereocenters. The Morgan fingerprint density at radius 1 is 1.32 bits per heavy atom. The van der Waals surface area contributed by atoms with Crippen molar-refractivity contribution in [2.75, 3.05) is 20.1 Å². The summed E-state index contributed by atoms with van der Waals surface area (Å²) in [6.07, 6.45) is 0.782. The summed E-state index contributed by atoms with van der Waals surface area (Å²) in [7, 11) is 1.55. The standard InChI is InChI=1S/C14H21N3O2/c1-3-9-17(10-12(18)16-2)14(19)13(15)11-7-5-4-6-8-11/h4-8,13H,3,9-10,15H2,1-2H3,(H,16,18)/t13-/m1/s1. The van der Waals surface area contributed by atoms with Crippen molar-refractivity contribution in [2.24, 2.45) is 5.73 Å². The van der Waals surface area contributed by atoms with E-state index >= 15 is 0 Å². The Hall–Kier alpha value is -1.88. The Kier molecular flexibility index (Phi) is 6.02. The molecule has 0 aliphatic heterocycles. The van der Waals surface area contributed by atoms with Gasteiger partial charge in [-0.25, -0.2) is 0 Å². The molecular formula is C14H21N3O2. The highest BCUT2D eigenvalue weighted by atomic mass is 16.2. The molecule has 0 radical (unpaired) electrons. The van der Waals surface area contributed by atoms with Crippen LogP contribution in [-0.4, -0.2) is 36.9 Å². The maximum atomic E-state index is 12.3. The van der Waals surface area contributed by atoms with Gasteiger partial charge in [-0.1, -0.05) is 37.3 Å². The van der Waals surface area contributed by atoms with Gasteiger partial charge in [0.05, 0.1) is 6.54 Å². The molecule has 0 spiro atoms. The Morgan fingerprint density at radius 2 is 1.95 bits per heavy atom. The summed E-state index contributed by atoms with van der Waals surface area (Å²) in [4.78, 5) is 25.2. The van der Waals surface area contributed by atoms with Crippen LogP contribution in [0.25, 0.3) is 0 Å². The highest BCUT2D eigenvalue weighted by molar-refractivity contribution is 5.88. The molecule has 0 aromatic heterocycles. The van der Waals surface area contributed by atoms with E-state index in [1.165, 1.54) is 4.90 Å². The number of carbonyl (C=O) groups excluding carboxylic acids is 2. The van der Waals surface area contributed by atoms with Crippen molar-refractivity contribution in [1.29, 1.82) is 0 Å². The zero-order valence-corrected chi connectivity index (χ0v) is 11.4. The van der Waals surface area contributed by atoms with Crippen LogP contribution in [0.2, 0.25) is 0 Å². The molecule has 0 bridgehead atoms. The van der Waals surface area contributed by atoms with E-state index in [1.54, 1.807) is 7.05 Å². The molecule has 1 aromatic carbocycles. The largest absolute Gasteiger partial charge is 0.358 e. The Bertz CT molecular complexity index is 420. The third-order valence-corrected chi connectivity index (χ3v) is 2.84. The predicted octanol–water partition coefficient (Wildman–Crippen LogP) is 0.671. The second-order valence-electron chi connectivity index (χ2n) is 4.32. The van der Waals surface area contributed by atoms with Crippen molar-refractivity contribution in [1.82, 2.24) is 10.2 Å². The molecule has 0 heterocycles. The van der Waals surface area contributed by atoms with Crippen LogP contribution in [0.3, 0.4) is 0 Å². The highest BCUT2D eigenvalue weighted by Crippen LogP contribution is 2.13. The average Bonchev–Trinajstić information content (AvgIpc) is 2.46.